The van der Waals surface area contributed by atoms with Crippen molar-refractivity contribution in [2.45, 2.75) is 26.4 Å². The third kappa shape index (κ3) is 4.31. The minimum absolute atomic E-state index is 0.143. The summed E-state index contributed by atoms with van der Waals surface area (Å²) in [6.45, 7) is 3.86. The first-order valence-electron chi connectivity index (χ1n) is 8.59. The number of carbonyl (C=O) groups excluding carboxylic acids is 1. The Bertz CT molecular complexity index is 967. The largest absolute Gasteiger partial charge is 0.326 e. The van der Waals surface area contributed by atoms with E-state index in [4.69, 9.17) is 0 Å². The van der Waals surface area contributed by atoms with Crippen LogP contribution < -0.4 is 16.2 Å². The second-order valence-electron chi connectivity index (χ2n) is 5.91. The molecular formula is C19H21N5O2. The van der Waals surface area contributed by atoms with E-state index in [-0.39, 0.29) is 24.4 Å². The van der Waals surface area contributed by atoms with E-state index in [2.05, 4.69) is 20.9 Å². The van der Waals surface area contributed by atoms with Gasteiger partial charge < -0.3 is 10.6 Å². The minimum atomic E-state index is -0.240. The summed E-state index contributed by atoms with van der Waals surface area (Å²) >= 11 is 0. The summed E-state index contributed by atoms with van der Waals surface area (Å²) in [5, 5.41) is 14.5. The number of hydrogen-bond donors (Lipinski definition) is 2. The molecule has 3 aromatic rings. The molecule has 0 atom stereocenters. The van der Waals surface area contributed by atoms with Gasteiger partial charge in [-0.25, -0.2) is 4.68 Å². The zero-order chi connectivity index (χ0) is 18.4. The minimum Gasteiger partial charge on any atom is -0.326 e. The number of nitrogens with one attached hydrogen (secondary N) is 2. The van der Waals surface area contributed by atoms with E-state index in [1.54, 1.807) is 24.3 Å². The number of fused-ring (bicyclic) bond motifs is 1. The summed E-state index contributed by atoms with van der Waals surface area (Å²) in [5.74, 6) is -0.174. The zero-order valence-corrected chi connectivity index (χ0v) is 14.6. The lowest BCUT2D eigenvalue weighted by atomic mass is 10.2. The molecule has 1 amide bonds. The van der Waals surface area contributed by atoms with Crippen molar-refractivity contribution < 1.29 is 4.79 Å². The average Bonchev–Trinajstić information content (AvgIpc) is 2.66. The van der Waals surface area contributed by atoms with Crippen molar-refractivity contribution in [3.05, 3.63) is 64.4 Å². The number of carbonyl (C=O) groups is 1. The maximum absolute atomic E-state index is 12.4. The zero-order valence-electron chi connectivity index (χ0n) is 14.6. The van der Waals surface area contributed by atoms with Crippen LogP contribution >= 0.6 is 0 Å². The summed E-state index contributed by atoms with van der Waals surface area (Å²) < 4.78 is 1.23. The Balaban J connectivity index is 1.63. The smallest absolute Gasteiger partial charge is 0.277 e. The van der Waals surface area contributed by atoms with Crippen LogP contribution in [0.25, 0.3) is 10.9 Å². The third-order valence-electron chi connectivity index (χ3n) is 3.97. The van der Waals surface area contributed by atoms with Crippen LogP contribution in [0.2, 0.25) is 0 Å². The number of rotatable bonds is 7. The molecule has 1 aromatic heterocycles. The Hall–Kier alpha value is -3.06. The van der Waals surface area contributed by atoms with Crippen molar-refractivity contribution in [3.63, 3.8) is 0 Å². The van der Waals surface area contributed by atoms with Gasteiger partial charge in [-0.15, -0.1) is 5.10 Å². The molecule has 7 nitrogen and oxygen atoms in total. The van der Waals surface area contributed by atoms with E-state index in [0.717, 1.165) is 24.3 Å². The molecule has 134 valence electrons. The van der Waals surface area contributed by atoms with Crippen LogP contribution in [0.1, 0.15) is 18.9 Å². The average molecular weight is 351 g/mol. The van der Waals surface area contributed by atoms with Crippen molar-refractivity contribution in [2.75, 3.05) is 11.9 Å². The fourth-order valence-electron chi connectivity index (χ4n) is 2.63. The molecule has 2 aromatic carbocycles. The lowest BCUT2D eigenvalue weighted by Crippen LogP contribution is -2.26. The van der Waals surface area contributed by atoms with E-state index in [0.29, 0.717) is 10.9 Å². The highest BCUT2D eigenvalue weighted by Crippen LogP contribution is 2.11. The molecule has 3 rings (SSSR count). The molecule has 0 spiro atoms. The van der Waals surface area contributed by atoms with Gasteiger partial charge in [-0.05, 0) is 36.4 Å². The van der Waals surface area contributed by atoms with Crippen LogP contribution in [0, 0.1) is 0 Å². The Labute approximate surface area is 151 Å². The quantitative estimate of drug-likeness (QED) is 0.679. The van der Waals surface area contributed by atoms with Crippen LogP contribution in [0.5, 0.6) is 0 Å². The number of hydrogen-bond acceptors (Lipinski definition) is 5. The molecule has 0 saturated heterocycles. The first kappa shape index (κ1) is 17.8. The Morgan fingerprint density at radius 1 is 1.15 bits per heavy atom. The van der Waals surface area contributed by atoms with Gasteiger partial charge >= 0.3 is 0 Å². The fraction of sp³-hybridized carbons (Fsp3) is 0.263. The molecule has 0 radical (unpaired) electrons. The van der Waals surface area contributed by atoms with Gasteiger partial charge in [0.05, 0.1) is 11.9 Å². The van der Waals surface area contributed by atoms with Gasteiger partial charge in [0.25, 0.3) is 5.56 Å². The van der Waals surface area contributed by atoms with Crippen LogP contribution in [0.15, 0.2) is 53.3 Å². The summed E-state index contributed by atoms with van der Waals surface area (Å²) in [4.78, 5) is 24.6. The number of amides is 1. The predicted octanol–water partition coefficient (Wildman–Crippen LogP) is 1.93. The van der Waals surface area contributed by atoms with Gasteiger partial charge in [-0.3, -0.25) is 9.59 Å². The predicted molar refractivity (Wildman–Crippen MR) is 101 cm³/mol. The third-order valence-corrected chi connectivity index (χ3v) is 3.97. The van der Waals surface area contributed by atoms with Crippen molar-refractivity contribution >= 4 is 22.5 Å². The van der Waals surface area contributed by atoms with Gasteiger partial charge in [0, 0.05) is 18.7 Å². The number of aromatic nitrogens is 3. The monoisotopic (exact) mass is 351 g/mol. The van der Waals surface area contributed by atoms with E-state index in [1.165, 1.54) is 4.68 Å². The molecule has 0 saturated carbocycles. The lowest BCUT2D eigenvalue weighted by Gasteiger charge is -2.08. The number of nitrogens with zero attached hydrogens (tertiary/aromatic N) is 3. The molecule has 0 aliphatic carbocycles. The molecule has 2 N–H and O–H groups in total. The lowest BCUT2D eigenvalue weighted by molar-refractivity contribution is -0.116. The van der Waals surface area contributed by atoms with Crippen LogP contribution in [-0.2, 0) is 17.9 Å². The highest BCUT2D eigenvalue weighted by molar-refractivity contribution is 5.90. The highest BCUT2D eigenvalue weighted by Gasteiger charge is 2.08. The number of aryl methyl sites for hydroxylation is 1. The van der Waals surface area contributed by atoms with Gasteiger partial charge in [0.2, 0.25) is 5.91 Å². The summed E-state index contributed by atoms with van der Waals surface area (Å²) in [7, 11) is 0. The van der Waals surface area contributed by atoms with Crippen molar-refractivity contribution in [2.24, 2.45) is 0 Å². The Kier molecular flexibility index (Phi) is 5.70. The molecule has 1 heterocycles. The van der Waals surface area contributed by atoms with E-state index in [9.17, 15) is 9.59 Å². The molecule has 0 aliphatic rings. The summed E-state index contributed by atoms with van der Waals surface area (Å²) in [6, 6.07) is 14.7. The number of benzene rings is 2. The normalized spacial score (nSPS) is 10.8. The molecular weight excluding hydrogens is 330 g/mol. The summed E-state index contributed by atoms with van der Waals surface area (Å²) in [6.07, 6.45) is 0.143. The molecule has 0 unspecified atom stereocenters. The molecule has 0 bridgehead atoms. The van der Waals surface area contributed by atoms with Crippen LogP contribution in [0.3, 0.4) is 0 Å². The second kappa shape index (κ2) is 8.35. The second-order valence-corrected chi connectivity index (χ2v) is 5.91. The Morgan fingerprint density at radius 3 is 2.85 bits per heavy atom. The van der Waals surface area contributed by atoms with Crippen molar-refractivity contribution in [3.8, 4) is 0 Å². The van der Waals surface area contributed by atoms with E-state index >= 15 is 0 Å². The molecule has 0 fully saturated rings. The van der Waals surface area contributed by atoms with Crippen LogP contribution in [-0.4, -0.2) is 27.4 Å². The van der Waals surface area contributed by atoms with E-state index < -0.39 is 0 Å². The van der Waals surface area contributed by atoms with Crippen molar-refractivity contribution in [1.29, 1.82) is 0 Å². The molecule has 26 heavy (non-hydrogen) atoms. The standard InChI is InChI=1S/C19H21N5O2/c1-2-20-13-14-6-5-7-15(12-14)21-18(25)10-11-24-19(26)16-8-3-4-9-17(16)22-23-24/h3-9,12,20H,2,10-11,13H2,1H3,(H,21,25). The van der Waals surface area contributed by atoms with E-state index in [1.807, 2.05) is 31.2 Å². The van der Waals surface area contributed by atoms with Gasteiger partial charge in [-0.2, -0.15) is 0 Å². The van der Waals surface area contributed by atoms with Gasteiger partial charge in [0.1, 0.15) is 5.52 Å². The number of anilines is 1. The summed E-state index contributed by atoms with van der Waals surface area (Å²) in [5.41, 5.74) is 2.15. The SMILES string of the molecule is CCNCc1cccc(NC(=O)CCn2nnc3ccccc3c2=O)c1. The van der Waals surface area contributed by atoms with Gasteiger partial charge in [0.15, 0.2) is 0 Å². The maximum Gasteiger partial charge on any atom is 0.277 e. The molecule has 0 aliphatic heterocycles. The topological polar surface area (TPSA) is 88.9 Å². The first-order valence-corrected chi connectivity index (χ1v) is 8.59. The highest BCUT2D eigenvalue weighted by atomic mass is 16.2. The molecule has 7 heteroatoms. The fourth-order valence-corrected chi connectivity index (χ4v) is 2.63. The maximum atomic E-state index is 12.4. The Morgan fingerprint density at radius 2 is 2.00 bits per heavy atom. The first-order chi connectivity index (χ1) is 12.7. The van der Waals surface area contributed by atoms with Crippen LogP contribution in [0.4, 0.5) is 5.69 Å². The van der Waals surface area contributed by atoms with Crippen molar-refractivity contribution in [1.82, 2.24) is 20.3 Å². The van der Waals surface area contributed by atoms with Gasteiger partial charge in [-0.1, -0.05) is 36.4 Å².